The minimum Gasteiger partial charge on any atom is -0.489 e. The molecule has 0 spiro atoms. The Hall–Kier alpha value is -2.83. The van der Waals surface area contributed by atoms with E-state index in [0.29, 0.717) is 11.8 Å². The molecule has 2 aromatic heterocycles. The van der Waals surface area contributed by atoms with Crippen LogP contribution in [0.15, 0.2) is 58.0 Å². The Bertz CT molecular complexity index is 889. The zero-order valence-corrected chi connectivity index (χ0v) is 13.6. The minimum atomic E-state index is -4.63. The van der Waals surface area contributed by atoms with Crippen LogP contribution in [0, 0.1) is 0 Å². The second-order valence-electron chi connectivity index (χ2n) is 4.78. The molecule has 3 rings (SSSR count). The lowest BCUT2D eigenvalue weighted by molar-refractivity contribution is -0.136. The van der Waals surface area contributed by atoms with Gasteiger partial charge in [-0.1, -0.05) is 13.8 Å². The molecule has 0 aliphatic rings. The lowest BCUT2D eigenvalue weighted by atomic mass is 10.1. The molecule has 0 N–H and O–H groups in total. The van der Waals surface area contributed by atoms with Crippen molar-refractivity contribution in [3.63, 3.8) is 0 Å². The molecule has 1 aromatic carbocycles. The van der Waals surface area contributed by atoms with Crippen LogP contribution < -0.4 is 10.4 Å². The van der Waals surface area contributed by atoms with Gasteiger partial charge in [-0.05, 0) is 29.8 Å². The third-order valence-electron chi connectivity index (χ3n) is 3.18. The highest BCUT2D eigenvalue weighted by atomic mass is 19.4. The second-order valence-corrected chi connectivity index (χ2v) is 4.78. The van der Waals surface area contributed by atoms with Crippen LogP contribution in [0.2, 0.25) is 0 Å². The first-order chi connectivity index (χ1) is 11.9. The Balaban J connectivity index is 0.00000109. The number of fused-ring (bicyclic) bond motifs is 1. The molecule has 0 aliphatic heterocycles. The fourth-order valence-corrected chi connectivity index (χ4v) is 2.11. The van der Waals surface area contributed by atoms with Crippen LogP contribution >= 0.6 is 0 Å². The Kier molecular flexibility index (Phi) is 5.80. The Morgan fingerprint density at radius 3 is 2.40 bits per heavy atom. The summed E-state index contributed by atoms with van der Waals surface area (Å²) in [6.45, 7) is 4.22. The van der Waals surface area contributed by atoms with Crippen LogP contribution in [0.5, 0.6) is 5.75 Å². The molecule has 0 amide bonds. The van der Waals surface area contributed by atoms with Gasteiger partial charge in [0.1, 0.15) is 17.9 Å². The second kappa shape index (κ2) is 7.83. The van der Waals surface area contributed by atoms with Crippen molar-refractivity contribution in [1.82, 2.24) is 4.98 Å². The van der Waals surface area contributed by atoms with Gasteiger partial charge < -0.3 is 9.15 Å². The quantitative estimate of drug-likeness (QED) is 0.635. The van der Waals surface area contributed by atoms with Crippen molar-refractivity contribution in [3.8, 4) is 5.75 Å². The van der Waals surface area contributed by atoms with Gasteiger partial charge in [-0.2, -0.15) is 13.2 Å². The molecule has 0 saturated heterocycles. The molecule has 7 heteroatoms. The van der Waals surface area contributed by atoms with Crippen molar-refractivity contribution < 1.29 is 22.3 Å². The van der Waals surface area contributed by atoms with Crippen molar-refractivity contribution >= 4 is 11.0 Å². The van der Waals surface area contributed by atoms with E-state index >= 15 is 0 Å². The zero-order chi connectivity index (χ0) is 18.4. The van der Waals surface area contributed by atoms with Crippen molar-refractivity contribution in [3.05, 3.63) is 70.3 Å². The van der Waals surface area contributed by atoms with Gasteiger partial charge in [-0.25, -0.2) is 4.79 Å². The molecule has 0 bridgehead atoms. The van der Waals surface area contributed by atoms with Gasteiger partial charge in [0.05, 0.1) is 5.56 Å². The van der Waals surface area contributed by atoms with Gasteiger partial charge in [0.15, 0.2) is 0 Å². The average molecular weight is 351 g/mol. The van der Waals surface area contributed by atoms with E-state index in [0.717, 1.165) is 5.56 Å². The lowest BCUT2D eigenvalue weighted by Gasteiger charge is -2.10. The van der Waals surface area contributed by atoms with Crippen LogP contribution in [-0.4, -0.2) is 4.98 Å². The summed E-state index contributed by atoms with van der Waals surface area (Å²) in [5.41, 5.74) is -1.40. The predicted molar refractivity (Wildman–Crippen MR) is 87.4 cm³/mol. The molecular formula is C18H16F3NO3. The van der Waals surface area contributed by atoms with Gasteiger partial charge in [-0.15, -0.1) is 0 Å². The number of rotatable bonds is 3. The number of ether oxygens (including phenoxy) is 1. The summed E-state index contributed by atoms with van der Waals surface area (Å²) < 4.78 is 49.2. The van der Waals surface area contributed by atoms with Gasteiger partial charge in [-0.3, -0.25) is 4.98 Å². The summed E-state index contributed by atoms with van der Waals surface area (Å²) >= 11 is 0. The van der Waals surface area contributed by atoms with E-state index in [1.165, 1.54) is 18.2 Å². The van der Waals surface area contributed by atoms with E-state index < -0.39 is 17.4 Å². The Labute approximate surface area is 141 Å². The molecule has 0 unspecified atom stereocenters. The van der Waals surface area contributed by atoms with E-state index in [1.807, 2.05) is 13.8 Å². The maximum atomic E-state index is 13.0. The van der Waals surface area contributed by atoms with Crippen molar-refractivity contribution in [2.45, 2.75) is 26.6 Å². The average Bonchev–Trinajstić information content (AvgIpc) is 2.61. The molecule has 132 valence electrons. The van der Waals surface area contributed by atoms with Crippen LogP contribution in [-0.2, 0) is 12.8 Å². The molecule has 4 nitrogen and oxygen atoms in total. The topological polar surface area (TPSA) is 52.3 Å². The van der Waals surface area contributed by atoms with Crippen LogP contribution in [0.1, 0.15) is 25.0 Å². The highest BCUT2D eigenvalue weighted by Gasteiger charge is 2.33. The molecule has 0 saturated carbocycles. The molecule has 0 fully saturated rings. The summed E-state index contributed by atoms with van der Waals surface area (Å²) in [5.74, 6) is 0.303. The largest absolute Gasteiger partial charge is 0.489 e. The van der Waals surface area contributed by atoms with Gasteiger partial charge in [0.25, 0.3) is 0 Å². The first-order valence-corrected chi connectivity index (χ1v) is 7.60. The van der Waals surface area contributed by atoms with Gasteiger partial charge >= 0.3 is 11.8 Å². The first kappa shape index (κ1) is 18.5. The van der Waals surface area contributed by atoms with Crippen molar-refractivity contribution in [2.75, 3.05) is 0 Å². The number of nitrogens with zero attached hydrogens (tertiary/aromatic N) is 1. The van der Waals surface area contributed by atoms with E-state index in [2.05, 4.69) is 4.98 Å². The Morgan fingerprint density at radius 1 is 1.08 bits per heavy atom. The minimum absolute atomic E-state index is 0.169. The van der Waals surface area contributed by atoms with Crippen LogP contribution in [0.4, 0.5) is 13.2 Å². The monoisotopic (exact) mass is 351 g/mol. The zero-order valence-electron chi connectivity index (χ0n) is 13.6. The number of halogens is 3. The summed E-state index contributed by atoms with van der Waals surface area (Å²) in [6, 6.07) is 7.85. The fraction of sp³-hybridized carbons (Fsp3) is 0.222. The summed E-state index contributed by atoms with van der Waals surface area (Å²) in [7, 11) is 0. The molecule has 3 aromatic rings. The Morgan fingerprint density at radius 2 is 1.76 bits per heavy atom. The number of alkyl halides is 3. The smallest absolute Gasteiger partial charge is 0.417 e. The number of benzene rings is 1. The molecule has 0 radical (unpaired) electrons. The third-order valence-corrected chi connectivity index (χ3v) is 3.18. The summed E-state index contributed by atoms with van der Waals surface area (Å²) in [4.78, 5) is 15.2. The van der Waals surface area contributed by atoms with Crippen molar-refractivity contribution in [2.24, 2.45) is 0 Å². The number of pyridine rings is 1. The number of hydrogen-bond acceptors (Lipinski definition) is 4. The maximum Gasteiger partial charge on any atom is 0.417 e. The molecule has 2 heterocycles. The van der Waals surface area contributed by atoms with E-state index in [-0.39, 0.29) is 17.6 Å². The van der Waals surface area contributed by atoms with Crippen LogP contribution in [0.3, 0.4) is 0 Å². The molecule has 0 atom stereocenters. The maximum absolute atomic E-state index is 13.0. The summed E-state index contributed by atoms with van der Waals surface area (Å²) in [6.07, 6.45) is -1.42. The lowest BCUT2D eigenvalue weighted by Crippen LogP contribution is -2.11. The van der Waals surface area contributed by atoms with Crippen LogP contribution in [0.25, 0.3) is 11.0 Å². The van der Waals surface area contributed by atoms with Gasteiger partial charge in [0.2, 0.25) is 0 Å². The summed E-state index contributed by atoms with van der Waals surface area (Å²) in [5, 5.41) is -0.187. The highest BCUT2D eigenvalue weighted by molar-refractivity contribution is 5.82. The standard InChI is InChI=1S/C16H10F3NO3.C2H6/c17-16(18,19)13-8-15(21)23-14-7-11(1-2-12(13)14)22-9-10-3-5-20-6-4-10;1-2/h1-8H,9H2;1-2H3. The SMILES string of the molecule is CC.O=c1cc(C(F)(F)F)c2ccc(OCc3ccncc3)cc2o1. The fourth-order valence-electron chi connectivity index (χ4n) is 2.11. The highest BCUT2D eigenvalue weighted by Crippen LogP contribution is 2.34. The molecule has 25 heavy (non-hydrogen) atoms. The van der Waals surface area contributed by atoms with E-state index in [4.69, 9.17) is 9.15 Å². The first-order valence-electron chi connectivity index (χ1n) is 7.60. The predicted octanol–water partition coefficient (Wildman–Crippen LogP) is 4.81. The molecular weight excluding hydrogens is 335 g/mol. The third kappa shape index (κ3) is 4.59. The number of aromatic nitrogens is 1. The van der Waals surface area contributed by atoms with Gasteiger partial charge in [0, 0.05) is 29.9 Å². The van der Waals surface area contributed by atoms with Crippen molar-refractivity contribution in [1.29, 1.82) is 0 Å². The molecule has 0 aliphatic carbocycles. The normalized spacial score (nSPS) is 10.9. The van der Waals surface area contributed by atoms with E-state index in [9.17, 15) is 18.0 Å². The number of hydrogen-bond donors (Lipinski definition) is 0. The van der Waals surface area contributed by atoms with E-state index in [1.54, 1.807) is 24.5 Å².